The molecule has 0 aromatic rings. The predicted molar refractivity (Wildman–Crippen MR) is 297 cm³/mol. The lowest BCUT2D eigenvalue weighted by Crippen LogP contribution is -2.44. The summed E-state index contributed by atoms with van der Waals surface area (Å²) in [6.45, 7) is 4.80. The molecule has 0 fully saturated rings. The van der Waals surface area contributed by atoms with Crippen LogP contribution < -0.4 is 5.11 Å². The second kappa shape index (κ2) is 54.0. The van der Waals surface area contributed by atoms with E-state index in [2.05, 4.69) is 38.2 Å². The molecule has 2 atom stereocenters. The Hall–Kier alpha value is -2.23. The number of allylic oxidation sites excluding steroid dienone is 4. The van der Waals surface area contributed by atoms with E-state index in [0.717, 1.165) is 32.1 Å². The van der Waals surface area contributed by atoms with Crippen LogP contribution in [0.1, 0.15) is 296 Å². The highest BCUT2D eigenvalue weighted by Crippen LogP contribution is 2.17. The van der Waals surface area contributed by atoms with Crippen LogP contribution in [0, 0.1) is 0 Å². The third-order valence-electron chi connectivity index (χ3n) is 13.7. The third kappa shape index (κ3) is 55.4. The predicted octanol–water partition coefficient (Wildman–Crippen LogP) is 16.6. The zero-order valence-electron chi connectivity index (χ0n) is 47.6. The van der Waals surface area contributed by atoms with E-state index >= 15 is 0 Å². The zero-order valence-corrected chi connectivity index (χ0v) is 47.6. The molecule has 2 unspecified atom stereocenters. The number of carbonyl (C=O) groups excluding carboxylic acids is 3. The van der Waals surface area contributed by atoms with E-state index < -0.39 is 24.3 Å². The molecule has 0 rings (SSSR count). The number of unbranched alkanes of at least 4 members (excludes halogenated alkanes) is 38. The molecule has 0 amide bonds. The summed E-state index contributed by atoms with van der Waals surface area (Å²) >= 11 is 0. The number of aliphatic carboxylic acids is 1. The molecular weight excluding hydrogens is 887 g/mol. The molecule has 9 heteroatoms. The van der Waals surface area contributed by atoms with Crippen LogP contribution in [0.5, 0.6) is 0 Å². The van der Waals surface area contributed by atoms with Gasteiger partial charge in [-0.1, -0.05) is 244 Å². The minimum Gasteiger partial charge on any atom is -0.545 e. The molecular formula is C62H117NO8. The van der Waals surface area contributed by atoms with Crippen molar-refractivity contribution in [2.75, 3.05) is 47.5 Å². The van der Waals surface area contributed by atoms with Gasteiger partial charge in [0, 0.05) is 12.8 Å². The van der Waals surface area contributed by atoms with Gasteiger partial charge in [-0.2, -0.15) is 0 Å². The van der Waals surface area contributed by atoms with Crippen molar-refractivity contribution in [3.63, 3.8) is 0 Å². The van der Waals surface area contributed by atoms with Gasteiger partial charge in [-0.25, -0.2) is 0 Å². The molecule has 0 radical (unpaired) electrons. The lowest BCUT2D eigenvalue weighted by molar-refractivity contribution is -0.870. The van der Waals surface area contributed by atoms with E-state index in [9.17, 15) is 19.5 Å². The molecule has 9 nitrogen and oxygen atoms in total. The average molecular weight is 1000 g/mol. The van der Waals surface area contributed by atoms with Gasteiger partial charge in [0.2, 0.25) is 0 Å². The molecule has 418 valence electrons. The Bertz CT molecular complexity index is 1210. The number of likely N-dealkylation sites (N-methyl/N-ethyl adjacent to an activating group) is 1. The summed E-state index contributed by atoms with van der Waals surface area (Å²) in [5, 5.41) is 11.8. The first-order valence-electron chi connectivity index (χ1n) is 30.5. The molecule has 0 bridgehead atoms. The number of carbonyl (C=O) groups is 3. The van der Waals surface area contributed by atoms with Gasteiger partial charge >= 0.3 is 11.9 Å². The van der Waals surface area contributed by atoms with E-state index in [4.69, 9.17) is 18.9 Å². The Morgan fingerprint density at radius 1 is 0.408 bits per heavy atom. The molecule has 0 spiro atoms. The number of quaternary nitrogens is 1. The molecule has 0 aromatic heterocycles. The van der Waals surface area contributed by atoms with Crippen LogP contribution in [0.2, 0.25) is 0 Å². The molecule has 0 saturated heterocycles. The Balaban J connectivity index is 4.19. The van der Waals surface area contributed by atoms with Gasteiger partial charge in [0.25, 0.3) is 0 Å². The summed E-state index contributed by atoms with van der Waals surface area (Å²) < 4.78 is 22.7. The van der Waals surface area contributed by atoms with E-state index in [-0.39, 0.29) is 32.2 Å². The van der Waals surface area contributed by atoms with Gasteiger partial charge in [0.15, 0.2) is 12.4 Å². The first kappa shape index (κ1) is 68.8. The van der Waals surface area contributed by atoms with Crippen LogP contribution in [0.3, 0.4) is 0 Å². The SMILES string of the molecule is CCCCCCCCCC/C=C\CCCCCCCCCCCCCC(=O)OCC(COC(OCC[N+](C)(C)C)C(=O)[O-])OC(=O)CCCCCCCCCCCCC/C=C\CCCCCCCCCC. The first-order valence-corrected chi connectivity index (χ1v) is 30.5. The maximum Gasteiger partial charge on any atom is 0.306 e. The molecule has 0 aromatic carbocycles. The van der Waals surface area contributed by atoms with E-state index in [0.29, 0.717) is 23.9 Å². The van der Waals surface area contributed by atoms with Crippen LogP contribution in [0.25, 0.3) is 0 Å². The second-order valence-corrected chi connectivity index (χ2v) is 22.0. The maximum atomic E-state index is 12.9. The summed E-state index contributed by atoms with van der Waals surface area (Å²) in [5.41, 5.74) is 0. The molecule has 0 aliphatic carbocycles. The smallest absolute Gasteiger partial charge is 0.306 e. The monoisotopic (exact) mass is 1000 g/mol. The molecule has 0 aliphatic rings. The summed E-state index contributed by atoms with van der Waals surface area (Å²) in [6.07, 6.45) is 60.8. The van der Waals surface area contributed by atoms with Crippen molar-refractivity contribution in [1.29, 1.82) is 0 Å². The van der Waals surface area contributed by atoms with Crippen LogP contribution >= 0.6 is 0 Å². The fourth-order valence-corrected chi connectivity index (χ4v) is 8.94. The largest absolute Gasteiger partial charge is 0.545 e. The number of nitrogens with zero attached hydrogens (tertiary/aromatic N) is 1. The summed E-state index contributed by atoms with van der Waals surface area (Å²) in [6, 6.07) is 0. The Labute approximate surface area is 439 Å². The van der Waals surface area contributed by atoms with Crippen molar-refractivity contribution in [2.24, 2.45) is 0 Å². The van der Waals surface area contributed by atoms with E-state index in [1.54, 1.807) is 0 Å². The lowest BCUT2D eigenvalue weighted by atomic mass is 10.0. The van der Waals surface area contributed by atoms with Crippen molar-refractivity contribution in [3.05, 3.63) is 24.3 Å². The van der Waals surface area contributed by atoms with Crippen molar-refractivity contribution in [1.82, 2.24) is 0 Å². The number of carboxylic acids is 1. The molecule has 71 heavy (non-hydrogen) atoms. The standard InChI is InChI=1S/C62H117NO8/c1-6-8-10-12-14-16-18-20-22-24-26-28-30-32-34-36-38-40-42-44-46-48-50-52-59(64)69-56-58(57-70-62(61(66)67)68-55-54-63(3,4)5)71-60(65)53-51-49-47-45-43-41-39-37-35-33-31-29-27-25-23-21-19-17-15-13-11-9-7-2/h24-27,58,62H,6-23,28-57H2,1-5H3/b26-24-,27-25-. The quantitative estimate of drug-likeness (QED) is 0.0195. The Kier molecular flexibility index (Phi) is 52.3. The lowest BCUT2D eigenvalue weighted by Gasteiger charge is -2.26. The van der Waals surface area contributed by atoms with Gasteiger partial charge in [-0.3, -0.25) is 9.59 Å². The van der Waals surface area contributed by atoms with Crippen LogP contribution in [-0.4, -0.2) is 82.3 Å². The average Bonchev–Trinajstić information content (AvgIpc) is 3.34. The minimum atomic E-state index is -1.62. The van der Waals surface area contributed by atoms with Crippen LogP contribution in [0.15, 0.2) is 24.3 Å². The normalized spacial score (nSPS) is 12.9. The highest BCUT2D eigenvalue weighted by Gasteiger charge is 2.22. The van der Waals surface area contributed by atoms with Crippen molar-refractivity contribution in [3.8, 4) is 0 Å². The fourth-order valence-electron chi connectivity index (χ4n) is 8.94. The van der Waals surface area contributed by atoms with Crippen molar-refractivity contribution >= 4 is 17.9 Å². The van der Waals surface area contributed by atoms with Gasteiger partial charge in [0.05, 0.1) is 40.3 Å². The number of rotatable bonds is 57. The summed E-state index contributed by atoms with van der Waals surface area (Å²) in [7, 11) is 5.93. The Morgan fingerprint density at radius 2 is 0.718 bits per heavy atom. The zero-order chi connectivity index (χ0) is 52.0. The number of hydrogen-bond donors (Lipinski definition) is 0. The van der Waals surface area contributed by atoms with E-state index in [1.165, 1.54) is 231 Å². The fraction of sp³-hybridized carbons (Fsp3) is 0.887. The molecule has 0 heterocycles. The number of ether oxygens (including phenoxy) is 4. The van der Waals surface area contributed by atoms with Crippen molar-refractivity contribution < 1.29 is 42.9 Å². The first-order chi connectivity index (χ1) is 34.6. The molecule has 0 saturated carbocycles. The summed E-state index contributed by atoms with van der Waals surface area (Å²) in [4.78, 5) is 37.3. The van der Waals surface area contributed by atoms with Crippen LogP contribution in [-0.2, 0) is 33.3 Å². The number of esters is 2. The van der Waals surface area contributed by atoms with Gasteiger partial charge in [-0.05, 0) is 64.2 Å². The highest BCUT2D eigenvalue weighted by atomic mass is 16.7. The van der Waals surface area contributed by atoms with Gasteiger partial charge in [-0.15, -0.1) is 0 Å². The van der Waals surface area contributed by atoms with Crippen molar-refractivity contribution in [2.45, 2.75) is 309 Å². The Morgan fingerprint density at radius 3 is 1.04 bits per heavy atom. The van der Waals surface area contributed by atoms with Gasteiger partial charge in [0.1, 0.15) is 13.2 Å². The van der Waals surface area contributed by atoms with Gasteiger partial charge < -0.3 is 33.3 Å². The minimum absolute atomic E-state index is 0.150. The summed E-state index contributed by atoms with van der Waals surface area (Å²) in [5.74, 6) is -2.26. The van der Waals surface area contributed by atoms with E-state index in [1.807, 2.05) is 21.1 Å². The maximum absolute atomic E-state index is 12.9. The topological polar surface area (TPSA) is 111 Å². The number of hydrogen-bond acceptors (Lipinski definition) is 8. The molecule has 0 N–H and O–H groups in total. The van der Waals surface area contributed by atoms with Crippen LogP contribution in [0.4, 0.5) is 0 Å². The number of carboxylic acid groups (broad SMARTS) is 1. The molecule has 0 aliphatic heterocycles. The highest BCUT2D eigenvalue weighted by molar-refractivity contribution is 5.70. The second-order valence-electron chi connectivity index (χ2n) is 22.0. The third-order valence-corrected chi connectivity index (χ3v) is 13.7.